The third kappa shape index (κ3) is 4.95. The number of aliphatic hydroxyl groups excluding tert-OH is 1. The van der Waals surface area contributed by atoms with Gasteiger partial charge in [-0.25, -0.2) is 4.39 Å². The van der Waals surface area contributed by atoms with Gasteiger partial charge >= 0.3 is 12.4 Å². The molecule has 9 heteroatoms. The number of benzene rings is 2. The Hall–Kier alpha value is -2.13. The molecule has 26 heavy (non-hydrogen) atoms. The summed E-state index contributed by atoms with van der Waals surface area (Å²) in [7, 11) is 0. The number of hydrogen-bond donors (Lipinski definition) is 2. The van der Waals surface area contributed by atoms with E-state index in [-0.39, 0.29) is 5.56 Å². The van der Waals surface area contributed by atoms with Crippen molar-refractivity contribution in [3.8, 4) is 0 Å². The summed E-state index contributed by atoms with van der Waals surface area (Å²) in [5.41, 5.74) is -1.52. The zero-order valence-corrected chi connectivity index (χ0v) is 13.1. The van der Waals surface area contributed by atoms with Crippen molar-refractivity contribution in [2.24, 2.45) is 0 Å². The first-order chi connectivity index (χ1) is 12.0. The van der Waals surface area contributed by atoms with Crippen molar-refractivity contribution in [2.75, 3.05) is 0 Å². The second kappa shape index (κ2) is 7.63. The van der Waals surface area contributed by atoms with Crippen LogP contribution in [-0.4, -0.2) is 17.4 Å². The lowest BCUT2D eigenvalue weighted by atomic mass is 10.00. The maximum Gasteiger partial charge on any atom is 0.416 e. The number of rotatable bonds is 5. The lowest BCUT2D eigenvalue weighted by Crippen LogP contribution is -2.41. The quantitative estimate of drug-likeness (QED) is 0.742. The fourth-order valence-corrected chi connectivity index (χ4v) is 2.37. The average Bonchev–Trinajstić information content (AvgIpc) is 2.55. The van der Waals surface area contributed by atoms with Crippen molar-refractivity contribution in [3.63, 3.8) is 0 Å². The Kier molecular flexibility index (Phi) is 5.92. The lowest BCUT2D eigenvalue weighted by molar-refractivity contribution is -0.213. The molecule has 0 aromatic heterocycles. The number of hydrogen-bond acceptors (Lipinski definition) is 2. The van der Waals surface area contributed by atoms with Gasteiger partial charge < -0.3 is 10.4 Å². The molecule has 2 aromatic carbocycles. The molecule has 0 aliphatic carbocycles. The fraction of sp³-hybridized carbons (Fsp3) is 0.294. The van der Waals surface area contributed by atoms with Crippen LogP contribution in [0.25, 0.3) is 0 Å². The summed E-state index contributed by atoms with van der Waals surface area (Å²) >= 11 is 0. The second-order valence-electron chi connectivity index (χ2n) is 5.56. The van der Waals surface area contributed by atoms with Gasteiger partial charge in [0.15, 0.2) is 6.10 Å². The SMILES string of the molecule is OC(C(NCc1cc(C(F)(F)F)ccc1F)c1ccccc1)C(F)(F)F. The molecule has 0 amide bonds. The molecule has 0 saturated heterocycles. The van der Waals surface area contributed by atoms with E-state index in [9.17, 15) is 35.8 Å². The van der Waals surface area contributed by atoms with Crippen LogP contribution in [0.2, 0.25) is 0 Å². The van der Waals surface area contributed by atoms with Gasteiger partial charge in [0.25, 0.3) is 0 Å². The van der Waals surface area contributed by atoms with E-state index in [1.807, 2.05) is 0 Å². The molecule has 0 saturated carbocycles. The number of halogens is 7. The fourth-order valence-electron chi connectivity index (χ4n) is 2.37. The van der Waals surface area contributed by atoms with E-state index < -0.39 is 48.0 Å². The van der Waals surface area contributed by atoms with Gasteiger partial charge in [-0.2, -0.15) is 26.3 Å². The summed E-state index contributed by atoms with van der Waals surface area (Å²) < 4.78 is 90.6. The van der Waals surface area contributed by atoms with E-state index in [4.69, 9.17) is 0 Å². The predicted molar refractivity (Wildman–Crippen MR) is 79.5 cm³/mol. The molecule has 0 fully saturated rings. The van der Waals surface area contributed by atoms with Crippen LogP contribution in [0.15, 0.2) is 48.5 Å². The van der Waals surface area contributed by atoms with Gasteiger partial charge in [0.2, 0.25) is 0 Å². The highest BCUT2D eigenvalue weighted by atomic mass is 19.4. The first kappa shape index (κ1) is 20.2. The average molecular weight is 381 g/mol. The minimum absolute atomic E-state index is 0.0599. The van der Waals surface area contributed by atoms with Crippen LogP contribution in [0, 0.1) is 5.82 Å². The Bertz CT molecular complexity index is 728. The molecule has 2 N–H and O–H groups in total. The zero-order valence-electron chi connectivity index (χ0n) is 13.1. The Morgan fingerprint density at radius 1 is 0.923 bits per heavy atom. The Morgan fingerprint density at radius 3 is 2.08 bits per heavy atom. The summed E-state index contributed by atoms with van der Waals surface area (Å²) in [4.78, 5) is 0. The molecule has 2 nitrogen and oxygen atoms in total. The van der Waals surface area contributed by atoms with E-state index in [1.54, 1.807) is 6.07 Å². The normalized spacial score (nSPS) is 14.9. The highest BCUT2D eigenvalue weighted by molar-refractivity contribution is 5.28. The van der Waals surface area contributed by atoms with Crippen LogP contribution in [0.5, 0.6) is 0 Å². The molecule has 0 bridgehead atoms. The van der Waals surface area contributed by atoms with Gasteiger partial charge in [0.05, 0.1) is 11.6 Å². The maximum atomic E-state index is 13.8. The molecule has 0 heterocycles. The molecular weight excluding hydrogens is 367 g/mol. The van der Waals surface area contributed by atoms with Crippen LogP contribution in [-0.2, 0) is 12.7 Å². The molecule has 0 aliphatic rings. The largest absolute Gasteiger partial charge is 0.416 e. The molecule has 0 radical (unpaired) electrons. The molecule has 2 unspecified atom stereocenters. The van der Waals surface area contributed by atoms with Crippen molar-refractivity contribution in [2.45, 2.75) is 31.0 Å². The summed E-state index contributed by atoms with van der Waals surface area (Å²) in [5.74, 6) is -1.00. The van der Waals surface area contributed by atoms with Crippen molar-refractivity contribution >= 4 is 0 Å². The van der Waals surface area contributed by atoms with Crippen molar-refractivity contribution in [3.05, 3.63) is 71.0 Å². The lowest BCUT2D eigenvalue weighted by Gasteiger charge is -2.26. The maximum absolute atomic E-state index is 13.8. The molecule has 2 rings (SSSR count). The third-order valence-electron chi connectivity index (χ3n) is 3.70. The van der Waals surface area contributed by atoms with Gasteiger partial charge in [-0.05, 0) is 23.8 Å². The minimum Gasteiger partial charge on any atom is -0.382 e. The molecule has 0 aliphatic heterocycles. The van der Waals surface area contributed by atoms with Crippen LogP contribution in [0.3, 0.4) is 0 Å². The Labute approximate surface area is 144 Å². The Balaban J connectivity index is 2.28. The minimum atomic E-state index is -4.97. The van der Waals surface area contributed by atoms with E-state index in [0.29, 0.717) is 18.2 Å². The first-order valence-electron chi connectivity index (χ1n) is 7.39. The number of aliphatic hydroxyl groups is 1. The second-order valence-corrected chi connectivity index (χ2v) is 5.56. The van der Waals surface area contributed by atoms with E-state index in [1.165, 1.54) is 24.3 Å². The number of nitrogens with one attached hydrogen (secondary N) is 1. The number of alkyl halides is 6. The molecule has 142 valence electrons. The van der Waals surface area contributed by atoms with E-state index in [2.05, 4.69) is 5.32 Å². The van der Waals surface area contributed by atoms with Gasteiger partial charge in [-0.3, -0.25) is 0 Å². The first-order valence-corrected chi connectivity index (χ1v) is 7.39. The van der Waals surface area contributed by atoms with Gasteiger partial charge in [-0.15, -0.1) is 0 Å². The van der Waals surface area contributed by atoms with E-state index >= 15 is 0 Å². The monoisotopic (exact) mass is 381 g/mol. The zero-order chi connectivity index (χ0) is 19.5. The Morgan fingerprint density at radius 2 is 1.54 bits per heavy atom. The van der Waals surface area contributed by atoms with Crippen molar-refractivity contribution in [1.29, 1.82) is 0 Å². The van der Waals surface area contributed by atoms with Crippen molar-refractivity contribution < 1.29 is 35.8 Å². The highest BCUT2D eigenvalue weighted by Gasteiger charge is 2.44. The predicted octanol–water partition coefficient (Wildman–Crippen LogP) is 4.60. The summed E-state index contributed by atoms with van der Waals surface area (Å²) in [6, 6.07) is 7.04. The van der Waals surface area contributed by atoms with Crippen LogP contribution >= 0.6 is 0 Å². The van der Waals surface area contributed by atoms with Gasteiger partial charge in [0, 0.05) is 12.1 Å². The third-order valence-corrected chi connectivity index (χ3v) is 3.70. The summed E-state index contributed by atoms with van der Waals surface area (Å²) in [6.07, 6.45) is -12.5. The van der Waals surface area contributed by atoms with Crippen LogP contribution in [0.1, 0.15) is 22.7 Å². The van der Waals surface area contributed by atoms with Crippen molar-refractivity contribution in [1.82, 2.24) is 5.32 Å². The van der Waals surface area contributed by atoms with Crippen LogP contribution < -0.4 is 5.32 Å². The topological polar surface area (TPSA) is 32.3 Å². The smallest absolute Gasteiger partial charge is 0.382 e. The van der Waals surface area contributed by atoms with E-state index in [0.717, 1.165) is 0 Å². The molecule has 2 aromatic rings. The standard InChI is InChI=1S/C17H14F7NO/c18-13-7-6-12(16(19,20)21)8-11(13)9-25-14(15(26)17(22,23)24)10-4-2-1-3-5-10/h1-8,14-15,25-26H,9H2. The highest BCUT2D eigenvalue weighted by Crippen LogP contribution is 2.32. The summed E-state index contributed by atoms with van der Waals surface area (Å²) in [5, 5.41) is 11.9. The molecular formula is C17H14F7NO. The van der Waals surface area contributed by atoms with Crippen LogP contribution in [0.4, 0.5) is 30.7 Å². The summed E-state index contributed by atoms with van der Waals surface area (Å²) in [6.45, 7) is -0.636. The molecule has 0 spiro atoms. The van der Waals surface area contributed by atoms with Gasteiger partial charge in [-0.1, -0.05) is 30.3 Å². The molecule has 2 atom stereocenters. The van der Waals surface area contributed by atoms with Gasteiger partial charge in [0.1, 0.15) is 5.82 Å².